The van der Waals surface area contributed by atoms with Crippen molar-refractivity contribution < 1.29 is 14.3 Å². The van der Waals surface area contributed by atoms with Crippen LogP contribution in [-0.2, 0) is 4.79 Å². The van der Waals surface area contributed by atoms with Gasteiger partial charge in [0.05, 0.1) is 6.61 Å². The first-order chi connectivity index (χ1) is 16.7. The van der Waals surface area contributed by atoms with E-state index in [2.05, 4.69) is 10.3 Å². The molecule has 0 saturated heterocycles. The van der Waals surface area contributed by atoms with Crippen LogP contribution in [0.3, 0.4) is 0 Å². The summed E-state index contributed by atoms with van der Waals surface area (Å²) in [6.07, 6.45) is 6.91. The van der Waals surface area contributed by atoms with E-state index in [1.165, 1.54) is 6.42 Å². The molecule has 4 rings (SSSR count). The third kappa shape index (κ3) is 5.63. The Morgan fingerprint density at radius 2 is 1.68 bits per heavy atom. The van der Waals surface area contributed by atoms with Crippen LogP contribution in [0.1, 0.15) is 61.1 Å². The Labute approximate surface area is 201 Å². The second-order valence-electron chi connectivity index (χ2n) is 8.47. The lowest BCUT2D eigenvalue weighted by Gasteiger charge is -2.33. The third-order valence-corrected chi connectivity index (χ3v) is 6.10. The highest BCUT2D eigenvalue weighted by molar-refractivity contribution is 6.09. The zero-order chi connectivity index (χ0) is 23.8. The van der Waals surface area contributed by atoms with Crippen molar-refractivity contribution in [1.82, 2.24) is 10.3 Å². The minimum Gasteiger partial charge on any atom is -0.494 e. The SMILES string of the molecule is CCOc1ccc([C@H](C(=O)NC2CCCCC2)N(C(=O)c2ccccn2)c2ccccc2)cc1. The van der Waals surface area contributed by atoms with E-state index in [-0.39, 0.29) is 23.6 Å². The van der Waals surface area contributed by atoms with Crippen molar-refractivity contribution in [1.29, 1.82) is 0 Å². The fourth-order valence-corrected chi connectivity index (χ4v) is 4.44. The molecule has 0 radical (unpaired) electrons. The number of nitrogens with zero attached hydrogens (tertiary/aromatic N) is 2. The van der Waals surface area contributed by atoms with E-state index in [0.717, 1.165) is 31.4 Å². The van der Waals surface area contributed by atoms with Gasteiger partial charge in [-0.3, -0.25) is 19.5 Å². The molecule has 2 aromatic carbocycles. The lowest BCUT2D eigenvalue weighted by molar-refractivity contribution is -0.123. The third-order valence-electron chi connectivity index (χ3n) is 6.10. The maximum atomic E-state index is 13.8. The first-order valence-electron chi connectivity index (χ1n) is 12.0. The molecule has 1 saturated carbocycles. The summed E-state index contributed by atoms with van der Waals surface area (Å²) in [6.45, 7) is 2.48. The van der Waals surface area contributed by atoms with Gasteiger partial charge in [0.15, 0.2) is 0 Å². The fourth-order valence-electron chi connectivity index (χ4n) is 4.44. The average molecular weight is 458 g/mol. The Bertz CT molecular complexity index is 1070. The molecule has 1 aromatic heterocycles. The number of anilines is 1. The summed E-state index contributed by atoms with van der Waals surface area (Å²) in [5, 5.41) is 3.23. The molecule has 2 amide bonds. The van der Waals surface area contributed by atoms with E-state index in [9.17, 15) is 9.59 Å². The highest BCUT2D eigenvalue weighted by atomic mass is 16.5. The Morgan fingerprint density at radius 3 is 2.32 bits per heavy atom. The monoisotopic (exact) mass is 457 g/mol. The van der Waals surface area contributed by atoms with E-state index in [0.29, 0.717) is 17.9 Å². The second kappa shape index (κ2) is 11.5. The highest BCUT2D eigenvalue weighted by Crippen LogP contribution is 2.31. The van der Waals surface area contributed by atoms with Crippen LogP contribution in [0.5, 0.6) is 5.75 Å². The first kappa shape index (κ1) is 23.5. The largest absolute Gasteiger partial charge is 0.494 e. The number of carbonyl (C=O) groups is 2. The number of amides is 2. The van der Waals surface area contributed by atoms with Gasteiger partial charge in [0, 0.05) is 17.9 Å². The molecule has 0 bridgehead atoms. The number of ether oxygens (including phenoxy) is 1. The molecule has 3 aromatic rings. The number of benzene rings is 2. The first-order valence-corrected chi connectivity index (χ1v) is 12.0. The van der Waals surface area contributed by atoms with Crippen LogP contribution < -0.4 is 15.0 Å². The number of para-hydroxylation sites is 1. The van der Waals surface area contributed by atoms with Crippen molar-refractivity contribution in [3.8, 4) is 5.75 Å². The molecule has 176 valence electrons. The summed E-state index contributed by atoms with van der Waals surface area (Å²) in [5.74, 6) is 0.202. The van der Waals surface area contributed by atoms with Crippen LogP contribution in [-0.4, -0.2) is 29.4 Å². The zero-order valence-corrected chi connectivity index (χ0v) is 19.5. The molecule has 1 heterocycles. The maximum absolute atomic E-state index is 13.8. The van der Waals surface area contributed by atoms with Gasteiger partial charge in [-0.15, -0.1) is 0 Å². The van der Waals surface area contributed by atoms with Gasteiger partial charge < -0.3 is 10.1 Å². The van der Waals surface area contributed by atoms with Gasteiger partial charge >= 0.3 is 0 Å². The van der Waals surface area contributed by atoms with Gasteiger partial charge in [0.1, 0.15) is 17.5 Å². The number of hydrogen-bond donors (Lipinski definition) is 1. The highest BCUT2D eigenvalue weighted by Gasteiger charge is 2.35. The molecular formula is C28H31N3O3. The molecule has 1 fully saturated rings. The quantitative estimate of drug-likeness (QED) is 0.497. The van der Waals surface area contributed by atoms with Crippen LogP contribution in [0.25, 0.3) is 0 Å². The summed E-state index contributed by atoms with van der Waals surface area (Å²) in [7, 11) is 0. The van der Waals surface area contributed by atoms with Crippen LogP contribution >= 0.6 is 0 Å². The summed E-state index contributed by atoms with van der Waals surface area (Å²) < 4.78 is 5.59. The van der Waals surface area contributed by atoms with Crippen LogP contribution in [0.15, 0.2) is 79.0 Å². The minimum absolute atomic E-state index is 0.119. The topological polar surface area (TPSA) is 71.5 Å². The molecule has 34 heavy (non-hydrogen) atoms. The van der Waals surface area contributed by atoms with Crippen molar-refractivity contribution >= 4 is 17.5 Å². The number of rotatable bonds is 8. The van der Waals surface area contributed by atoms with Gasteiger partial charge in [-0.1, -0.05) is 55.7 Å². The van der Waals surface area contributed by atoms with Crippen molar-refractivity contribution in [2.75, 3.05) is 11.5 Å². The molecule has 6 nitrogen and oxygen atoms in total. The van der Waals surface area contributed by atoms with E-state index in [1.54, 1.807) is 29.3 Å². The van der Waals surface area contributed by atoms with Crippen molar-refractivity contribution in [3.05, 3.63) is 90.3 Å². The molecule has 1 atom stereocenters. The fraction of sp³-hybridized carbons (Fsp3) is 0.321. The lowest BCUT2D eigenvalue weighted by Crippen LogP contribution is -2.47. The Kier molecular flexibility index (Phi) is 7.91. The predicted molar refractivity (Wildman–Crippen MR) is 133 cm³/mol. The summed E-state index contributed by atoms with van der Waals surface area (Å²) >= 11 is 0. The Balaban J connectivity index is 1.76. The average Bonchev–Trinajstić information content (AvgIpc) is 2.89. The van der Waals surface area contributed by atoms with Crippen LogP contribution in [0.2, 0.25) is 0 Å². The minimum atomic E-state index is -0.852. The lowest BCUT2D eigenvalue weighted by atomic mass is 9.94. The number of carbonyl (C=O) groups excluding carboxylic acids is 2. The summed E-state index contributed by atoms with van der Waals surface area (Å²) in [4.78, 5) is 33.4. The molecule has 0 aliphatic heterocycles. The number of hydrogen-bond acceptors (Lipinski definition) is 4. The Hall–Kier alpha value is -3.67. The molecule has 1 N–H and O–H groups in total. The summed E-state index contributed by atoms with van der Waals surface area (Å²) in [5.41, 5.74) is 1.63. The molecular weight excluding hydrogens is 426 g/mol. The standard InChI is InChI=1S/C28H31N3O3/c1-2-34-24-18-16-21(17-19-24)26(27(32)30-22-11-5-3-6-12-22)31(23-13-7-4-8-14-23)28(33)25-15-9-10-20-29-25/h4,7-10,13-20,22,26H,2-3,5-6,11-12H2,1H3,(H,30,32)/t26-/m1/s1. The summed E-state index contributed by atoms with van der Waals surface area (Å²) in [6, 6.07) is 21.2. The second-order valence-corrected chi connectivity index (χ2v) is 8.47. The Morgan fingerprint density at radius 1 is 0.971 bits per heavy atom. The number of nitrogens with one attached hydrogen (secondary N) is 1. The van der Waals surface area contributed by atoms with Gasteiger partial charge in [-0.25, -0.2) is 0 Å². The predicted octanol–water partition coefficient (Wildman–Crippen LogP) is 5.32. The molecule has 0 unspecified atom stereocenters. The van der Waals surface area contributed by atoms with E-state index < -0.39 is 6.04 Å². The van der Waals surface area contributed by atoms with E-state index in [1.807, 2.05) is 61.5 Å². The van der Waals surface area contributed by atoms with Crippen molar-refractivity contribution in [3.63, 3.8) is 0 Å². The maximum Gasteiger partial charge on any atom is 0.277 e. The van der Waals surface area contributed by atoms with Crippen molar-refractivity contribution in [2.24, 2.45) is 0 Å². The zero-order valence-electron chi connectivity index (χ0n) is 19.5. The van der Waals surface area contributed by atoms with Crippen LogP contribution in [0, 0.1) is 0 Å². The van der Waals surface area contributed by atoms with Gasteiger partial charge in [0.25, 0.3) is 5.91 Å². The molecule has 6 heteroatoms. The number of pyridine rings is 1. The molecule has 0 spiro atoms. The van der Waals surface area contributed by atoms with E-state index in [4.69, 9.17) is 4.74 Å². The van der Waals surface area contributed by atoms with Gasteiger partial charge in [0.2, 0.25) is 5.91 Å². The molecule has 1 aliphatic carbocycles. The number of aromatic nitrogens is 1. The smallest absolute Gasteiger partial charge is 0.277 e. The van der Waals surface area contributed by atoms with E-state index >= 15 is 0 Å². The van der Waals surface area contributed by atoms with Gasteiger partial charge in [-0.2, -0.15) is 0 Å². The normalized spacial score (nSPS) is 14.7. The van der Waals surface area contributed by atoms with Crippen molar-refractivity contribution in [2.45, 2.75) is 51.1 Å². The molecule has 1 aliphatic rings. The van der Waals surface area contributed by atoms with Crippen LogP contribution in [0.4, 0.5) is 5.69 Å². The van der Waals surface area contributed by atoms with Gasteiger partial charge in [-0.05, 0) is 61.7 Å².